The maximum Gasteiger partial charge on any atom is 0.335 e. The van der Waals surface area contributed by atoms with Crippen LogP contribution in [-0.2, 0) is 19.2 Å². The summed E-state index contributed by atoms with van der Waals surface area (Å²) in [5, 5.41) is 0.578. The topological polar surface area (TPSA) is 63.7 Å². The van der Waals surface area contributed by atoms with Gasteiger partial charge in [-0.3, -0.25) is 9.59 Å². The molecule has 5 heteroatoms. The molecule has 0 spiro atoms. The second-order valence-electron chi connectivity index (χ2n) is 3.30. The molecule has 0 radical (unpaired) electrons. The lowest BCUT2D eigenvalue weighted by atomic mass is 10.1. The fourth-order valence-electron chi connectivity index (χ4n) is 1.00. The highest BCUT2D eigenvalue weighted by Gasteiger charge is 2.33. The summed E-state index contributed by atoms with van der Waals surface area (Å²) in [5.74, 6) is -1.70. The van der Waals surface area contributed by atoms with Crippen LogP contribution in [0.4, 0.5) is 0 Å². The number of carbonyl (C=O) groups excluding carboxylic acids is 3. The SMILES string of the molecule is CC.CC.CCC(C)C(=O)ON1C(=O)CCC1=O. The Kier molecular flexibility index (Phi) is 11.3. The average molecular weight is 259 g/mol. The molecule has 0 aromatic carbocycles. The van der Waals surface area contributed by atoms with Crippen LogP contribution < -0.4 is 0 Å². The summed E-state index contributed by atoms with van der Waals surface area (Å²) >= 11 is 0. The zero-order chi connectivity index (χ0) is 14.7. The lowest BCUT2D eigenvalue weighted by Crippen LogP contribution is -2.33. The Morgan fingerprint density at radius 1 is 1.17 bits per heavy atom. The van der Waals surface area contributed by atoms with Gasteiger partial charge in [-0.05, 0) is 6.42 Å². The number of nitrogens with zero attached hydrogens (tertiary/aromatic N) is 1. The van der Waals surface area contributed by atoms with Crippen LogP contribution in [0, 0.1) is 5.92 Å². The van der Waals surface area contributed by atoms with Crippen molar-refractivity contribution in [3.63, 3.8) is 0 Å². The van der Waals surface area contributed by atoms with Gasteiger partial charge in [0.15, 0.2) is 0 Å². The number of rotatable bonds is 3. The summed E-state index contributed by atoms with van der Waals surface area (Å²) in [7, 11) is 0. The predicted molar refractivity (Wildman–Crippen MR) is 69.3 cm³/mol. The second-order valence-corrected chi connectivity index (χ2v) is 3.30. The fourth-order valence-corrected chi connectivity index (χ4v) is 1.00. The third-order valence-corrected chi connectivity index (χ3v) is 2.20. The van der Waals surface area contributed by atoms with Gasteiger partial charge in [0.25, 0.3) is 11.8 Å². The van der Waals surface area contributed by atoms with Crippen LogP contribution in [0.5, 0.6) is 0 Å². The third-order valence-electron chi connectivity index (χ3n) is 2.20. The van der Waals surface area contributed by atoms with Gasteiger partial charge in [-0.2, -0.15) is 0 Å². The Balaban J connectivity index is 0. The molecule has 2 amide bonds. The molecular formula is C13H25NO4. The average Bonchev–Trinajstić information content (AvgIpc) is 2.74. The van der Waals surface area contributed by atoms with E-state index in [4.69, 9.17) is 0 Å². The van der Waals surface area contributed by atoms with Gasteiger partial charge in [0.05, 0.1) is 5.92 Å². The van der Waals surface area contributed by atoms with E-state index in [0.717, 1.165) is 0 Å². The molecule has 1 fully saturated rings. The largest absolute Gasteiger partial charge is 0.335 e. The molecule has 1 aliphatic rings. The zero-order valence-corrected chi connectivity index (χ0v) is 12.3. The van der Waals surface area contributed by atoms with E-state index in [0.29, 0.717) is 11.5 Å². The lowest BCUT2D eigenvalue weighted by molar-refractivity contribution is -0.200. The van der Waals surface area contributed by atoms with Crippen molar-refractivity contribution in [3.8, 4) is 0 Å². The van der Waals surface area contributed by atoms with E-state index in [9.17, 15) is 14.4 Å². The van der Waals surface area contributed by atoms with E-state index in [2.05, 4.69) is 4.84 Å². The van der Waals surface area contributed by atoms with Gasteiger partial charge >= 0.3 is 5.97 Å². The Labute approximate surface area is 109 Å². The van der Waals surface area contributed by atoms with Gasteiger partial charge in [0.2, 0.25) is 0 Å². The lowest BCUT2D eigenvalue weighted by Gasteiger charge is -2.14. The van der Waals surface area contributed by atoms with E-state index >= 15 is 0 Å². The number of imide groups is 1. The smallest absolute Gasteiger partial charge is 0.330 e. The van der Waals surface area contributed by atoms with Gasteiger partial charge in [-0.1, -0.05) is 41.5 Å². The Bertz CT molecular complexity index is 260. The molecule has 5 nitrogen and oxygen atoms in total. The molecule has 106 valence electrons. The van der Waals surface area contributed by atoms with Crippen LogP contribution in [0.2, 0.25) is 0 Å². The van der Waals surface area contributed by atoms with Crippen molar-refractivity contribution in [2.75, 3.05) is 0 Å². The first-order valence-corrected chi connectivity index (χ1v) is 6.63. The summed E-state index contributed by atoms with van der Waals surface area (Å²) in [5.41, 5.74) is 0. The quantitative estimate of drug-likeness (QED) is 0.731. The summed E-state index contributed by atoms with van der Waals surface area (Å²) in [6, 6.07) is 0. The zero-order valence-electron chi connectivity index (χ0n) is 12.3. The van der Waals surface area contributed by atoms with Gasteiger partial charge in [0, 0.05) is 12.8 Å². The molecule has 0 bridgehead atoms. The van der Waals surface area contributed by atoms with E-state index in [-0.39, 0.29) is 18.8 Å². The van der Waals surface area contributed by atoms with Gasteiger partial charge in [-0.25, -0.2) is 4.79 Å². The first-order valence-electron chi connectivity index (χ1n) is 6.63. The molecule has 1 unspecified atom stereocenters. The van der Waals surface area contributed by atoms with E-state index in [1.807, 2.05) is 34.6 Å². The highest BCUT2D eigenvalue weighted by atomic mass is 16.7. The molecule has 0 aromatic heterocycles. The Morgan fingerprint density at radius 2 is 1.56 bits per heavy atom. The molecule has 1 saturated heterocycles. The molecule has 1 atom stereocenters. The monoisotopic (exact) mass is 259 g/mol. The highest BCUT2D eigenvalue weighted by molar-refractivity contribution is 6.01. The summed E-state index contributed by atoms with van der Waals surface area (Å²) in [6.45, 7) is 11.5. The summed E-state index contributed by atoms with van der Waals surface area (Å²) in [4.78, 5) is 38.1. The molecule has 1 aliphatic heterocycles. The summed E-state index contributed by atoms with van der Waals surface area (Å²) in [6.07, 6.45) is 0.883. The van der Waals surface area contributed by atoms with Crippen molar-refractivity contribution in [2.45, 2.75) is 60.8 Å². The Morgan fingerprint density at radius 3 is 1.89 bits per heavy atom. The summed E-state index contributed by atoms with van der Waals surface area (Å²) < 4.78 is 0. The highest BCUT2D eigenvalue weighted by Crippen LogP contribution is 2.14. The van der Waals surface area contributed by atoms with Crippen LogP contribution in [0.15, 0.2) is 0 Å². The minimum absolute atomic E-state index is 0.132. The number of amides is 2. The first-order chi connectivity index (χ1) is 8.56. The Hall–Kier alpha value is -1.39. The first kappa shape index (κ1) is 19.0. The van der Waals surface area contributed by atoms with Gasteiger partial charge in [0.1, 0.15) is 0 Å². The normalized spacial score (nSPS) is 15.1. The van der Waals surface area contributed by atoms with E-state index in [1.54, 1.807) is 6.92 Å². The minimum Gasteiger partial charge on any atom is -0.330 e. The molecule has 0 saturated carbocycles. The number of hydroxylamine groups is 2. The minimum atomic E-state index is -0.531. The van der Waals surface area contributed by atoms with Crippen molar-refractivity contribution < 1.29 is 19.2 Å². The van der Waals surface area contributed by atoms with Crippen molar-refractivity contribution >= 4 is 17.8 Å². The maximum absolute atomic E-state index is 11.3. The van der Waals surface area contributed by atoms with E-state index in [1.165, 1.54) is 0 Å². The number of carbonyl (C=O) groups is 3. The van der Waals surface area contributed by atoms with Crippen molar-refractivity contribution in [3.05, 3.63) is 0 Å². The fraction of sp³-hybridized carbons (Fsp3) is 0.769. The third kappa shape index (κ3) is 5.80. The van der Waals surface area contributed by atoms with Crippen molar-refractivity contribution in [1.82, 2.24) is 5.06 Å². The van der Waals surface area contributed by atoms with Crippen molar-refractivity contribution in [2.24, 2.45) is 5.92 Å². The number of hydrogen-bond donors (Lipinski definition) is 0. The standard InChI is InChI=1S/C9H13NO4.2C2H6/c1-3-6(2)9(13)14-10-7(11)4-5-8(10)12;2*1-2/h6H,3-5H2,1-2H3;2*1-2H3. The molecule has 0 N–H and O–H groups in total. The second kappa shape index (κ2) is 10.7. The van der Waals surface area contributed by atoms with Gasteiger partial charge in [-0.15, -0.1) is 5.06 Å². The predicted octanol–water partition coefficient (Wildman–Crippen LogP) is 2.69. The maximum atomic E-state index is 11.3. The molecule has 18 heavy (non-hydrogen) atoms. The van der Waals surface area contributed by atoms with Crippen LogP contribution in [-0.4, -0.2) is 22.8 Å². The number of hydrogen-bond acceptors (Lipinski definition) is 4. The molecule has 0 aromatic rings. The van der Waals surface area contributed by atoms with Crippen LogP contribution >= 0.6 is 0 Å². The van der Waals surface area contributed by atoms with Crippen LogP contribution in [0.1, 0.15) is 60.8 Å². The molecule has 0 aliphatic carbocycles. The van der Waals surface area contributed by atoms with Crippen molar-refractivity contribution in [1.29, 1.82) is 0 Å². The molecule has 1 rings (SSSR count). The molecular weight excluding hydrogens is 234 g/mol. The van der Waals surface area contributed by atoms with Gasteiger partial charge < -0.3 is 4.84 Å². The van der Waals surface area contributed by atoms with E-state index < -0.39 is 17.8 Å². The van der Waals surface area contributed by atoms with Crippen LogP contribution in [0.3, 0.4) is 0 Å². The molecule has 1 heterocycles. The van der Waals surface area contributed by atoms with Crippen LogP contribution in [0.25, 0.3) is 0 Å².